The molecule has 0 saturated carbocycles. The average molecular weight is 1700 g/mol. The third-order valence-electron chi connectivity index (χ3n) is 28.0. The van der Waals surface area contributed by atoms with E-state index in [1.807, 2.05) is 83.8 Å². The van der Waals surface area contributed by atoms with Crippen LogP contribution in [0.3, 0.4) is 0 Å². The smallest absolute Gasteiger partial charge is 0.190 e. The highest BCUT2D eigenvalue weighted by molar-refractivity contribution is 5.97. The van der Waals surface area contributed by atoms with Gasteiger partial charge in [-0.2, -0.15) is 26.3 Å². The highest BCUT2D eigenvalue weighted by atomic mass is 15.4. The minimum Gasteiger partial charge on any atom is -0.352 e. The molecule has 11 aromatic carbocycles. The Morgan fingerprint density at radius 2 is 0.488 bits per heavy atom. The van der Waals surface area contributed by atoms with Crippen molar-refractivity contribution in [1.82, 2.24) is 0 Å². The Bertz CT molecular complexity index is 6880. The number of aryl methyl sites for hydroxylation is 6. The number of nitriles is 5. The fourth-order valence-corrected chi connectivity index (χ4v) is 19.1. The number of fused-ring (bicyclic) bond motifs is 5. The van der Waals surface area contributed by atoms with Gasteiger partial charge in [0.15, 0.2) is 28.4 Å². The normalized spacial score (nSPS) is 15.6. The summed E-state index contributed by atoms with van der Waals surface area (Å²) in [6.45, 7) is 86.3. The van der Waals surface area contributed by atoms with Crippen LogP contribution in [0.25, 0.3) is 35.4 Å². The summed E-state index contributed by atoms with van der Waals surface area (Å²) in [5.74, 6) is 0. The lowest BCUT2D eigenvalue weighted by Gasteiger charge is -2.32. The van der Waals surface area contributed by atoms with Crippen molar-refractivity contribution >= 4 is 114 Å². The van der Waals surface area contributed by atoms with E-state index in [-0.39, 0.29) is 30.8 Å². The molecule has 0 N–H and O–H groups in total. The first-order chi connectivity index (χ1) is 61.2. The van der Waals surface area contributed by atoms with Gasteiger partial charge in [0.1, 0.15) is 61.2 Å². The predicted octanol–water partition coefficient (Wildman–Crippen LogP) is 27.4. The van der Waals surface area contributed by atoms with Gasteiger partial charge in [-0.15, -0.1) is 0 Å². The van der Waals surface area contributed by atoms with Gasteiger partial charge in [-0.1, -0.05) is 54.6 Å². The summed E-state index contributed by atoms with van der Waals surface area (Å²) in [5, 5.41) is 48.0. The van der Waals surface area contributed by atoms with Gasteiger partial charge in [0.25, 0.3) is 0 Å². The molecule has 16 rings (SSSR count). The summed E-state index contributed by atoms with van der Waals surface area (Å²) in [4.78, 5) is 39.8. The molecule has 0 spiro atoms. The summed E-state index contributed by atoms with van der Waals surface area (Å²) in [6, 6.07) is 52.6. The van der Waals surface area contributed by atoms with Gasteiger partial charge in [0.2, 0.25) is 0 Å². The SMILES string of the molecule is [C-]#[N+]c1cc(C#N)c2c(c1)N(c1c(C)c(C)c(C)c(C)c1C)[C@@H](C)N2C.[C-]#[N+]c1cc(C#N)c2c(c1)N(c1c(C)c(C)cc(C)c1C)[C@@H](C)N2C.[C-]#[N+]c1cc(C#N)c2c(c1)N(c1c(C)cc(C)c(C)c1C)[C@@H](C)N2C.[C-]#[N+]c1cc(C#N)c2c(c1)N(c1cc(-c3ccccc3)ccc1C)[C@@H](C)N2C.[C-]#[N+]c1cc(C#N)c2c(c1)N(c1cc(C)c(C)c(C)c1C)[C@@H](C)N2C. The molecule has 0 bridgehead atoms. The molecule has 5 heterocycles. The molecule has 0 fully saturated rings. The van der Waals surface area contributed by atoms with Gasteiger partial charge in [-0.25, -0.2) is 24.2 Å². The van der Waals surface area contributed by atoms with Crippen LogP contribution in [0.15, 0.2) is 127 Å². The third kappa shape index (κ3) is 15.9. The highest BCUT2D eigenvalue weighted by Crippen LogP contribution is 2.56. The zero-order valence-corrected chi connectivity index (χ0v) is 79.5. The summed E-state index contributed by atoms with van der Waals surface area (Å²) in [7, 11) is 10.0. The summed E-state index contributed by atoms with van der Waals surface area (Å²) < 4.78 is 0. The van der Waals surface area contributed by atoms with E-state index in [4.69, 9.17) is 32.9 Å². The first-order valence-corrected chi connectivity index (χ1v) is 43.1. The van der Waals surface area contributed by atoms with E-state index in [0.717, 1.165) is 84.9 Å². The number of hydrogen-bond acceptors (Lipinski definition) is 15. The quantitative estimate of drug-likeness (QED) is 0.144. The van der Waals surface area contributed by atoms with Crippen molar-refractivity contribution in [3.63, 3.8) is 0 Å². The second-order valence-corrected chi connectivity index (χ2v) is 34.6. The van der Waals surface area contributed by atoms with Crippen molar-refractivity contribution in [2.75, 3.05) is 84.2 Å². The monoisotopic (exact) mass is 1700 g/mol. The lowest BCUT2D eigenvalue weighted by molar-refractivity contribution is 0.730. The van der Waals surface area contributed by atoms with Gasteiger partial charge < -0.3 is 49.0 Å². The maximum Gasteiger partial charge on any atom is 0.190 e. The zero-order valence-electron chi connectivity index (χ0n) is 79.5. The van der Waals surface area contributed by atoms with Crippen molar-refractivity contribution in [3.05, 3.63) is 312 Å². The Morgan fingerprint density at radius 1 is 0.225 bits per heavy atom. The van der Waals surface area contributed by atoms with Crippen LogP contribution >= 0.6 is 0 Å². The third-order valence-corrected chi connectivity index (χ3v) is 28.0. The Labute approximate surface area is 763 Å². The van der Waals surface area contributed by atoms with Crippen molar-refractivity contribution in [1.29, 1.82) is 26.3 Å². The zero-order chi connectivity index (χ0) is 94.6. The van der Waals surface area contributed by atoms with Crippen LogP contribution in [-0.2, 0) is 0 Å². The lowest BCUT2D eigenvalue weighted by Crippen LogP contribution is -2.36. The molecule has 5 atom stereocenters. The average Bonchev–Trinajstić information content (AvgIpc) is 1.66. The maximum atomic E-state index is 9.63. The highest BCUT2D eigenvalue weighted by Gasteiger charge is 2.42. The molecule has 0 amide bonds. The molecule has 0 aromatic heterocycles. The lowest BCUT2D eigenvalue weighted by atomic mass is 9.92. The van der Waals surface area contributed by atoms with Crippen molar-refractivity contribution in [3.8, 4) is 41.5 Å². The van der Waals surface area contributed by atoms with E-state index in [1.165, 1.54) is 112 Å². The van der Waals surface area contributed by atoms with Crippen molar-refractivity contribution in [2.24, 2.45) is 0 Å². The molecule has 129 heavy (non-hydrogen) atoms. The van der Waals surface area contributed by atoms with E-state index in [2.05, 4.69) is 311 Å². The minimum atomic E-state index is 0.0350. The topological polar surface area (TPSA) is 173 Å². The molecule has 20 nitrogen and oxygen atoms in total. The molecule has 0 saturated heterocycles. The molecule has 5 aliphatic rings. The molecule has 0 unspecified atom stereocenters. The Kier molecular flexibility index (Phi) is 26.2. The second-order valence-electron chi connectivity index (χ2n) is 34.6. The number of benzene rings is 11. The standard InChI is InChI=1S/C24H20N4.C22H24N4.3C21H22N4/c1-16-10-11-19(18-8-6-5-7-9-18)13-22(16)28-17(2)27(4)24-20(15-25)12-21(26-3)14-23(24)28;1-12-13(2)15(4)21(16(5)14(12)3)26-17(6)25(8)22-18(11-23)9-19(24-7)10-20(22)26;1-12-8-19(15(4)14(3)13(12)2)25-16(5)24(7)21-17(11-22)9-18(23-6)10-20(21)25;1-12-8-13(2)20(15(4)14(12)3)25-16(5)24(7)21-17(11-22)9-18(23-6)10-19(21)25;1-12-8-13(2)15(4)20(14(12)3)25-16(5)24(7)21-17(11-22)9-18(23-6)10-19(21)25/h5-14,17H,1-2,4H3;9-10,17H,1-6,8H3;3*8-10,16H,1-5,7H3/t2*17-;3*16-/m00000/s1. The molecule has 0 radical (unpaired) electrons. The van der Waals surface area contributed by atoms with Gasteiger partial charge in [-0.3, -0.25) is 0 Å². The number of rotatable bonds is 6. The van der Waals surface area contributed by atoms with Gasteiger partial charge >= 0.3 is 0 Å². The van der Waals surface area contributed by atoms with Gasteiger partial charge in [-0.05, 0) is 343 Å². The number of anilines is 15. The summed E-state index contributed by atoms with van der Waals surface area (Å²) in [5.41, 5.74) is 45.2. The van der Waals surface area contributed by atoms with Crippen molar-refractivity contribution < 1.29 is 0 Å². The Balaban J connectivity index is 0.000000146. The fourth-order valence-electron chi connectivity index (χ4n) is 19.1. The van der Waals surface area contributed by atoms with Gasteiger partial charge in [0.05, 0.1) is 118 Å². The van der Waals surface area contributed by atoms with E-state index in [9.17, 15) is 26.3 Å². The second kappa shape index (κ2) is 36.5. The van der Waals surface area contributed by atoms with E-state index < -0.39 is 0 Å². The van der Waals surface area contributed by atoms with Crippen LogP contribution in [0.1, 0.15) is 163 Å². The van der Waals surface area contributed by atoms with E-state index >= 15 is 0 Å². The van der Waals surface area contributed by atoms with Crippen LogP contribution in [0.2, 0.25) is 0 Å². The summed E-state index contributed by atoms with van der Waals surface area (Å²) >= 11 is 0. The predicted molar refractivity (Wildman–Crippen MR) is 530 cm³/mol. The molecule has 11 aromatic rings. The summed E-state index contributed by atoms with van der Waals surface area (Å²) in [6.07, 6.45) is 0.317. The number of nitrogens with zero attached hydrogens (tertiary/aromatic N) is 20. The fraction of sp³-hybridized carbons (Fsp3) is 0.303. The Hall–Kier alpha value is -15.7. The van der Waals surface area contributed by atoms with Crippen LogP contribution in [0.4, 0.5) is 114 Å². The van der Waals surface area contributed by atoms with Crippen LogP contribution in [0.5, 0.6) is 0 Å². The molecule has 0 aliphatic carbocycles. The van der Waals surface area contributed by atoms with Crippen molar-refractivity contribution in [2.45, 2.75) is 190 Å². The maximum absolute atomic E-state index is 9.63. The van der Waals surface area contributed by atoms with E-state index in [0.29, 0.717) is 56.3 Å². The van der Waals surface area contributed by atoms with Gasteiger partial charge in [0, 0.05) is 63.7 Å². The molecule has 20 heteroatoms. The molecule has 646 valence electrons. The first-order valence-electron chi connectivity index (χ1n) is 43.1. The first kappa shape index (κ1) is 92.5. The molecular formula is C109H110N20. The number of hydrogen-bond donors (Lipinski definition) is 0. The van der Waals surface area contributed by atoms with Crippen LogP contribution in [-0.4, -0.2) is 66.1 Å². The van der Waals surface area contributed by atoms with Crippen LogP contribution in [0, 0.1) is 214 Å². The van der Waals surface area contributed by atoms with E-state index in [1.54, 1.807) is 30.3 Å². The largest absolute Gasteiger partial charge is 0.352 e. The molecule has 5 aliphatic heterocycles. The van der Waals surface area contributed by atoms with Crippen LogP contribution < -0.4 is 49.0 Å². The Morgan fingerprint density at radius 3 is 0.829 bits per heavy atom. The minimum absolute atomic E-state index is 0.0350. The molecular weight excluding hydrogens is 1590 g/mol.